The van der Waals surface area contributed by atoms with Gasteiger partial charge in [-0.3, -0.25) is 4.79 Å². The Labute approximate surface area is 91.0 Å². The number of nitrogens with zero attached hydrogens (tertiary/aromatic N) is 2. The lowest BCUT2D eigenvalue weighted by Crippen LogP contribution is -2.49. The summed E-state index contributed by atoms with van der Waals surface area (Å²) in [4.78, 5) is 13.7. The lowest BCUT2D eigenvalue weighted by atomic mass is 9.86. The van der Waals surface area contributed by atoms with Gasteiger partial charge in [0.1, 0.15) is 0 Å². The molecule has 1 amide bonds. The summed E-state index contributed by atoms with van der Waals surface area (Å²) in [7, 11) is 0. The second-order valence-corrected chi connectivity index (χ2v) is 5.24. The molecule has 0 saturated carbocycles. The standard InChI is InChI=1S/C11H19N3O/c1-11(2,3)9(13)10(15)14-5-4-8(6-12)7-14/h8-9H,4-5,7,13H2,1-3H3/t8-,9-/m0/s1. The first-order chi connectivity index (χ1) is 6.86. The Balaban J connectivity index is 2.60. The molecule has 15 heavy (non-hydrogen) atoms. The van der Waals surface area contributed by atoms with Crippen molar-refractivity contribution >= 4 is 5.91 Å². The summed E-state index contributed by atoms with van der Waals surface area (Å²) in [5, 5.41) is 8.74. The van der Waals surface area contributed by atoms with Gasteiger partial charge in [-0.05, 0) is 11.8 Å². The highest BCUT2D eigenvalue weighted by molar-refractivity contribution is 5.82. The molecular weight excluding hydrogens is 190 g/mol. The first kappa shape index (κ1) is 12.0. The Morgan fingerprint density at radius 3 is 2.60 bits per heavy atom. The summed E-state index contributed by atoms with van der Waals surface area (Å²) in [6.07, 6.45) is 0.777. The molecule has 0 radical (unpaired) electrons. The van der Waals surface area contributed by atoms with Crippen molar-refractivity contribution in [3.05, 3.63) is 0 Å². The lowest BCUT2D eigenvalue weighted by Gasteiger charge is -2.29. The second-order valence-electron chi connectivity index (χ2n) is 5.24. The van der Waals surface area contributed by atoms with Crippen molar-refractivity contribution in [1.82, 2.24) is 4.90 Å². The van der Waals surface area contributed by atoms with E-state index in [-0.39, 0.29) is 17.2 Å². The topological polar surface area (TPSA) is 70.1 Å². The molecular formula is C11H19N3O. The van der Waals surface area contributed by atoms with E-state index >= 15 is 0 Å². The molecule has 84 valence electrons. The van der Waals surface area contributed by atoms with Crippen LogP contribution >= 0.6 is 0 Å². The molecule has 2 N–H and O–H groups in total. The first-order valence-electron chi connectivity index (χ1n) is 5.30. The summed E-state index contributed by atoms with van der Waals surface area (Å²) in [6, 6.07) is 1.71. The summed E-state index contributed by atoms with van der Waals surface area (Å²) in [6.45, 7) is 7.06. The van der Waals surface area contributed by atoms with Crippen molar-refractivity contribution in [2.45, 2.75) is 33.2 Å². The monoisotopic (exact) mass is 209 g/mol. The van der Waals surface area contributed by atoms with E-state index < -0.39 is 6.04 Å². The Kier molecular flexibility index (Phi) is 3.35. The van der Waals surface area contributed by atoms with Crippen LogP contribution in [0.2, 0.25) is 0 Å². The molecule has 0 unspecified atom stereocenters. The summed E-state index contributed by atoms with van der Waals surface area (Å²) < 4.78 is 0. The number of carbonyl (C=O) groups is 1. The van der Waals surface area contributed by atoms with Gasteiger partial charge in [0, 0.05) is 13.1 Å². The lowest BCUT2D eigenvalue weighted by molar-refractivity contribution is -0.133. The van der Waals surface area contributed by atoms with Crippen LogP contribution in [0.15, 0.2) is 0 Å². The van der Waals surface area contributed by atoms with Crippen LogP contribution in [0.3, 0.4) is 0 Å². The van der Waals surface area contributed by atoms with Gasteiger partial charge in [0.15, 0.2) is 0 Å². The van der Waals surface area contributed by atoms with Gasteiger partial charge in [-0.2, -0.15) is 5.26 Å². The predicted molar refractivity (Wildman–Crippen MR) is 57.7 cm³/mol. The van der Waals surface area contributed by atoms with Crippen LogP contribution in [0, 0.1) is 22.7 Å². The van der Waals surface area contributed by atoms with Crippen LogP contribution in [-0.4, -0.2) is 29.9 Å². The first-order valence-corrected chi connectivity index (χ1v) is 5.30. The van der Waals surface area contributed by atoms with E-state index in [1.54, 1.807) is 4.90 Å². The average molecular weight is 209 g/mol. The van der Waals surface area contributed by atoms with Crippen LogP contribution in [0.5, 0.6) is 0 Å². The fourth-order valence-corrected chi connectivity index (χ4v) is 1.63. The van der Waals surface area contributed by atoms with Crippen molar-refractivity contribution < 1.29 is 4.79 Å². The zero-order valence-corrected chi connectivity index (χ0v) is 9.66. The van der Waals surface area contributed by atoms with Gasteiger partial charge in [-0.25, -0.2) is 0 Å². The number of hydrogen-bond acceptors (Lipinski definition) is 3. The van der Waals surface area contributed by atoms with Crippen molar-refractivity contribution in [2.24, 2.45) is 17.1 Å². The third-order valence-electron chi connectivity index (χ3n) is 2.88. The SMILES string of the molecule is CC(C)(C)[C@@H](N)C(=O)N1CC[C@@H](C#N)C1. The fraction of sp³-hybridized carbons (Fsp3) is 0.818. The fourth-order valence-electron chi connectivity index (χ4n) is 1.63. The zero-order chi connectivity index (χ0) is 11.6. The molecule has 0 aromatic carbocycles. The molecule has 2 atom stereocenters. The molecule has 0 aliphatic carbocycles. The van der Waals surface area contributed by atoms with E-state index in [2.05, 4.69) is 6.07 Å². The molecule has 0 aromatic rings. The molecule has 1 rings (SSSR count). The van der Waals surface area contributed by atoms with E-state index in [0.29, 0.717) is 13.1 Å². The molecule has 0 bridgehead atoms. The molecule has 1 saturated heterocycles. The quantitative estimate of drug-likeness (QED) is 0.692. The van der Waals surface area contributed by atoms with Gasteiger partial charge in [0.05, 0.1) is 18.0 Å². The largest absolute Gasteiger partial charge is 0.340 e. The minimum absolute atomic E-state index is 0.0129. The van der Waals surface area contributed by atoms with Gasteiger partial charge in [0.25, 0.3) is 0 Å². The van der Waals surface area contributed by atoms with E-state index in [0.717, 1.165) is 6.42 Å². The number of carbonyl (C=O) groups excluding carboxylic acids is 1. The Morgan fingerprint density at radius 1 is 1.60 bits per heavy atom. The van der Waals surface area contributed by atoms with Crippen molar-refractivity contribution in [3.63, 3.8) is 0 Å². The van der Waals surface area contributed by atoms with Crippen molar-refractivity contribution in [2.75, 3.05) is 13.1 Å². The third kappa shape index (κ3) is 2.69. The van der Waals surface area contributed by atoms with Gasteiger partial charge in [-0.15, -0.1) is 0 Å². The molecule has 1 aliphatic rings. The molecule has 1 aliphatic heterocycles. The highest BCUT2D eigenvalue weighted by Gasteiger charge is 2.34. The Bertz CT molecular complexity index is 287. The zero-order valence-electron chi connectivity index (χ0n) is 9.66. The van der Waals surface area contributed by atoms with E-state index in [9.17, 15) is 4.79 Å². The maximum absolute atomic E-state index is 11.9. The number of amides is 1. The molecule has 4 heteroatoms. The van der Waals surface area contributed by atoms with E-state index in [4.69, 9.17) is 11.0 Å². The maximum atomic E-state index is 11.9. The normalized spacial score (nSPS) is 23.7. The number of hydrogen-bond donors (Lipinski definition) is 1. The maximum Gasteiger partial charge on any atom is 0.240 e. The van der Waals surface area contributed by atoms with Crippen LogP contribution in [0.25, 0.3) is 0 Å². The van der Waals surface area contributed by atoms with Crippen LogP contribution in [0.4, 0.5) is 0 Å². The summed E-state index contributed by atoms with van der Waals surface area (Å²) in [5.74, 6) is -0.0404. The number of rotatable bonds is 1. The predicted octanol–water partition coefficient (Wildman–Crippen LogP) is 0.732. The van der Waals surface area contributed by atoms with Gasteiger partial charge >= 0.3 is 0 Å². The number of nitrogens with two attached hydrogens (primary N) is 1. The Morgan fingerprint density at radius 2 is 2.20 bits per heavy atom. The average Bonchev–Trinajstić information content (AvgIpc) is 2.62. The van der Waals surface area contributed by atoms with Crippen LogP contribution in [0.1, 0.15) is 27.2 Å². The van der Waals surface area contributed by atoms with Crippen molar-refractivity contribution in [1.29, 1.82) is 5.26 Å². The summed E-state index contributed by atoms with van der Waals surface area (Å²) in [5.41, 5.74) is 5.67. The van der Waals surface area contributed by atoms with E-state index in [1.807, 2.05) is 20.8 Å². The van der Waals surface area contributed by atoms with Crippen LogP contribution in [-0.2, 0) is 4.79 Å². The minimum Gasteiger partial charge on any atom is -0.340 e. The van der Waals surface area contributed by atoms with Gasteiger partial charge in [-0.1, -0.05) is 20.8 Å². The molecule has 0 spiro atoms. The second kappa shape index (κ2) is 4.19. The molecule has 1 fully saturated rings. The smallest absolute Gasteiger partial charge is 0.240 e. The number of likely N-dealkylation sites (tertiary alicyclic amines) is 1. The van der Waals surface area contributed by atoms with Gasteiger partial charge in [0.2, 0.25) is 5.91 Å². The molecule has 0 aromatic heterocycles. The third-order valence-corrected chi connectivity index (χ3v) is 2.88. The van der Waals surface area contributed by atoms with E-state index in [1.165, 1.54) is 0 Å². The van der Waals surface area contributed by atoms with Crippen molar-refractivity contribution in [3.8, 4) is 6.07 Å². The summed E-state index contributed by atoms with van der Waals surface area (Å²) >= 11 is 0. The number of nitriles is 1. The van der Waals surface area contributed by atoms with Gasteiger partial charge < -0.3 is 10.6 Å². The minimum atomic E-state index is -0.477. The highest BCUT2D eigenvalue weighted by atomic mass is 16.2. The Hall–Kier alpha value is -1.08. The molecule has 1 heterocycles. The molecule has 4 nitrogen and oxygen atoms in total. The highest BCUT2D eigenvalue weighted by Crippen LogP contribution is 2.22. The van der Waals surface area contributed by atoms with Crippen LogP contribution < -0.4 is 5.73 Å².